The van der Waals surface area contributed by atoms with Crippen LogP contribution < -0.4 is 4.74 Å². The number of nitrogens with zero attached hydrogens (tertiary/aromatic N) is 1. The van der Waals surface area contributed by atoms with E-state index in [2.05, 4.69) is 0 Å². The van der Waals surface area contributed by atoms with Crippen molar-refractivity contribution >= 4 is 10.0 Å². The average Bonchev–Trinajstić information content (AvgIpc) is 2.61. The summed E-state index contributed by atoms with van der Waals surface area (Å²) in [6.07, 6.45) is 1.43. The number of para-hydroxylation sites is 1. The Morgan fingerprint density at radius 2 is 1.72 bits per heavy atom. The van der Waals surface area contributed by atoms with Gasteiger partial charge in [0.25, 0.3) is 0 Å². The zero-order chi connectivity index (χ0) is 17.9. The molecule has 1 heterocycles. The summed E-state index contributed by atoms with van der Waals surface area (Å²) in [5.41, 5.74) is 0. The molecule has 2 aromatic rings. The average molecular weight is 367 g/mol. The van der Waals surface area contributed by atoms with E-state index in [1.807, 2.05) is 30.3 Å². The number of benzene rings is 2. The molecule has 1 unspecified atom stereocenters. The smallest absolute Gasteiger partial charge is 0.248 e. The first-order chi connectivity index (χ1) is 12.0. The molecule has 134 valence electrons. The molecule has 0 aromatic heterocycles. The topological polar surface area (TPSA) is 46.6 Å². The lowest BCUT2D eigenvalue weighted by molar-refractivity contribution is 0.180. The molecule has 25 heavy (non-hydrogen) atoms. The maximum atomic E-state index is 13.9. The molecule has 1 fully saturated rings. The molecule has 0 amide bonds. The van der Waals surface area contributed by atoms with Gasteiger partial charge in [-0.05, 0) is 37.1 Å². The first-order valence-electron chi connectivity index (χ1n) is 8.10. The highest BCUT2D eigenvalue weighted by Gasteiger charge is 2.34. The molecule has 0 bridgehead atoms. The Hall–Kier alpha value is -1.99. The van der Waals surface area contributed by atoms with Gasteiger partial charge in [-0.1, -0.05) is 24.3 Å². The second-order valence-electron chi connectivity index (χ2n) is 6.05. The largest absolute Gasteiger partial charge is 0.493 e. The molecule has 2 aromatic carbocycles. The van der Waals surface area contributed by atoms with Crippen molar-refractivity contribution in [3.8, 4) is 5.75 Å². The van der Waals surface area contributed by atoms with Gasteiger partial charge in [-0.2, -0.15) is 4.31 Å². The number of rotatable bonds is 5. The second kappa shape index (κ2) is 7.49. The third-order valence-electron chi connectivity index (χ3n) is 4.23. The number of sulfonamides is 1. The molecular weight excluding hydrogens is 348 g/mol. The van der Waals surface area contributed by atoms with Crippen LogP contribution in [0.25, 0.3) is 0 Å². The lowest BCUT2D eigenvalue weighted by atomic mass is 10.0. The molecule has 1 aliphatic rings. The van der Waals surface area contributed by atoms with E-state index in [1.54, 1.807) is 0 Å². The predicted octanol–water partition coefficient (Wildman–Crippen LogP) is 3.44. The molecule has 1 atom stereocenters. The zero-order valence-electron chi connectivity index (χ0n) is 13.6. The Bertz CT molecular complexity index is 807. The summed E-state index contributed by atoms with van der Waals surface area (Å²) in [5.74, 6) is -1.45. The van der Waals surface area contributed by atoms with E-state index in [0.29, 0.717) is 18.8 Å². The summed E-state index contributed by atoms with van der Waals surface area (Å²) >= 11 is 0. The van der Waals surface area contributed by atoms with Crippen LogP contribution >= 0.6 is 0 Å². The van der Waals surface area contributed by atoms with Crippen molar-refractivity contribution in [1.29, 1.82) is 0 Å². The van der Waals surface area contributed by atoms with Crippen LogP contribution in [0.2, 0.25) is 0 Å². The lowest BCUT2D eigenvalue weighted by Crippen LogP contribution is -2.42. The third-order valence-corrected chi connectivity index (χ3v) is 6.14. The van der Waals surface area contributed by atoms with Gasteiger partial charge in [0, 0.05) is 19.0 Å². The Morgan fingerprint density at radius 1 is 1.04 bits per heavy atom. The highest BCUT2D eigenvalue weighted by molar-refractivity contribution is 7.89. The van der Waals surface area contributed by atoms with Gasteiger partial charge in [0.05, 0.1) is 6.61 Å². The zero-order valence-corrected chi connectivity index (χ0v) is 14.4. The summed E-state index contributed by atoms with van der Waals surface area (Å²) in [4.78, 5) is -0.875. The minimum atomic E-state index is -4.21. The molecule has 0 radical (unpaired) electrons. The fraction of sp³-hybridized carbons (Fsp3) is 0.333. The summed E-state index contributed by atoms with van der Waals surface area (Å²) in [7, 11) is -4.21. The molecular formula is C18H19F2NO3S. The standard InChI is InChI=1S/C18H19F2NO3S/c19-16-9-4-10-17(20)18(16)25(22,23)21-11-5-6-14(12-21)13-24-15-7-2-1-3-8-15/h1-4,7-10,14H,5-6,11-13H2. The SMILES string of the molecule is O=S(=O)(c1c(F)cccc1F)N1CCCC(COc2ccccc2)C1. The van der Waals surface area contributed by atoms with E-state index in [-0.39, 0.29) is 19.0 Å². The summed E-state index contributed by atoms with van der Waals surface area (Å²) < 4.78 is 59.9. The number of hydrogen-bond acceptors (Lipinski definition) is 3. The van der Waals surface area contributed by atoms with Gasteiger partial charge >= 0.3 is 0 Å². The molecule has 1 aliphatic heterocycles. The van der Waals surface area contributed by atoms with E-state index in [1.165, 1.54) is 0 Å². The van der Waals surface area contributed by atoms with Crippen molar-refractivity contribution in [2.24, 2.45) is 5.92 Å². The van der Waals surface area contributed by atoms with Crippen LogP contribution in [-0.4, -0.2) is 32.4 Å². The van der Waals surface area contributed by atoms with Gasteiger partial charge in [0.15, 0.2) is 4.90 Å². The minimum absolute atomic E-state index is 0.0291. The maximum Gasteiger partial charge on any atom is 0.248 e. The van der Waals surface area contributed by atoms with E-state index in [9.17, 15) is 17.2 Å². The first kappa shape index (κ1) is 17.8. The Balaban J connectivity index is 1.72. The van der Waals surface area contributed by atoms with Crippen molar-refractivity contribution in [3.05, 3.63) is 60.2 Å². The fourth-order valence-electron chi connectivity index (χ4n) is 2.97. The van der Waals surface area contributed by atoms with Crippen LogP contribution in [0.3, 0.4) is 0 Å². The monoisotopic (exact) mass is 367 g/mol. The van der Waals surface area contributed by atoms with Crippen molar-refractivity contribution < 1.29 is 21.9 Å². The number of hydrogen-bond donors (Lipinski definition) is 0. The van der Waals surface area contributed by atoms with E-state index < -0.39 is 26.6 Å². The van der Waals surface area contributed by atoms with Crippen molar-refractivity contribution in [1.82, 2.24) is 4.31 Å². The third kappa shape index (κ3) is 3.99. The molecule has 3 rings (SSSR count). The van der Waals surface area contributed by atoms with Gasteiger partial charge in [-0.25, -0.2) is 17.2 Å². The highest BCUT2D eigenvalue weighted by atomic mass is 32.2. The lowest BCUT2D eigenvalue weighted by Gasteiger charge is -2.31. The number of halogens is 2. The van der Waals surface area contributed by atoms with Gasteiger partial charge in [-0.15, -0.1) is 0 Å². The molecule has 0 N–H and O–H groups in total. The molecule has 0 saturated carbocycles. The minimum Gasteiger partial charge on any atom is -0.493 e. The number of ether oxygens (including phenoxy) is 1. The summed E-state index contributed by atoms with van der Waals surface area (Å²) in [5, 5.41) is 0. The van der Waals surface area contributed by atoms with E-state index in [4.69, 9.17) is 4.74 Å². The molecule has 4 nitrogen and oxygen atoms in total. The van der Waals surface area contributed by atoms with Gasteiger partial charge < -0.3 is 4.74 Å². The Labute approximate surface area is 146 Å². The van der Waals surface area contributed by atoms with Crippen molar-refractivity contribution in [3.63, 3.8) is 0 Å². The summed E-state index contributed by atoms with van der Waals surface area (Å²) in [6, 6.07) is 12.3. The van der Waals surface area contributed by atoms with Gasteiger partial charge in [0.2, 0.25) is 10.0 Å². The van der Waals surface area contributed by atoms with Crippen LogP contribution in [0.15, 0.2) is 53.4 Å². The Morgan fingerprint density at radius 3 is 2.40 bits per heavy atom. The van der Waals surface area contributed by atoms with Crippen molar-refractivity contribution in [2.45, 2.75) is 17.7 Å². The molecule has 0 aliphatic carbocycles. The van der Waals surface area contributed by atoms with Crippen LogP contribution in [0.4, 0.5) is 8.78 Å². The normalized spacial score (nSPS) is 18.9. The second-order valence-corrected chi connectivity index (χ2v) is 7.92. The Kier molecular flexibility index (Phi) is 5.34. The first-order valence-corrected chi connectivity index (χ1v) is 9.54. The summed E-state index contributed by atoms with van der Waals surface area (Å²) in [6.45, 7) is 0.788. The van der Waals surface area contributed by atoms with E-state index in [0.717, 1.165) is 28.9 Å². The molecule has 1 saturated heterocycles. The van der Waals surface area contributed by atoms with Crippen LogP contribution in [0.1, 0.15) is 12.8 Å². The van der Waals surface area contributed by atoms with Crippen LogP contribution in [-0.2, 0) is 10.0 Å². The highest BCUT2D eigenvalue weighted by Crippen LogP contribution is 2.27. The maximum absolute atomic E-state index is 13.9. The van der Waals surface area contributed by atoms with E-state index >= 15 is 0 Å². The fourth-order valence-corrected chi connectivity index (χ4v) is 4.63. The van der Waals surface area contributed by atoms with Gasteiger partial charge in [0.1, 0.15) is 17.4 Å². The van der Waals surface area contributed by atoms with Crippen LogP contribution in [0.5, 0.6) is 5.75 Å². The quantitative estimate of drug-likeness (QED) is 0.813. The van der Waals surface area contributed by atoms with Gasteiger partial charge in [-0.3, -0.25) is 0 Å². The number of piperidine rings is 1. The molecule has 7 heteroatoms. The van der Waals surface area contributed by atoms with Crippen molar-refractivity contribution in [2.75, 3.05) is 19.7 Å². The molecule has 0 spiro atoms. The van der Waals surface area contributed by atoms with Crippen LogP contribution in [0, 0.1) is 17.6 Å². The predicted molar refractivity (Wildman–Crippen MR) is 89.8 cm³/mol.